The van der Waals surface area contributed by atoms with E-state index in [-0.39, 0.29) is 11.9 Å². The van der Waals surface area contributed by atoms with Crippen LogP contribution < -0.4 is 14.8 Å². The molecule has 29 heavy (non-hydrogen) atoms. The molecule has 156 valence electrons. The molecular weight excluding hydrogens is 372 g/mol. The van der Waals surface area contributed by atoms with E-state index in [0.717, 1.165) is 17.8 Å². The lowest BCUT2D eigenvalue weighted by atomic mass is 9.95. The molecule has 0 radical (unpaired) electrons. The van der Waals surface area contributed by atoms with E-state index in [0.29, 0.717) is 36.7 Å². The molecule has 8 heteroatoms. The number of likely N-dealkylation sites (N-methyl/N-ethyl adjacent to an activating group) is 1. The van der Waals surface area contributed by atoms with E-state index in [1.54, 1.807) is 36.2 Å². The van der Waals surface area contributed by atoms with Crippen LogP contribution in [-0.2, 0) is 4.79 Å². The smallest absolute Gasteiger partial charge is 0.322 e. The molecule has 0 saturated carbocycles. The van der Waals surface area contributed by atoms with Crippen LogP contribution >= 0.6 is 0 Å². The molecule has 1 N–H and O–H groups in total. The Kier molecular flexibility index (Phi) is 6.12. The van der Waals surface area contributed by atoms with Gasteiger partial charge < -0.3 is 24.6 Å². The summed E-state index contributed by atoms with van der Waals surface area (Å²) in [5.41, 5.74) is 2.05. The van der Waals surface area contributed by atoms with Crippen molar-refractivity contribution in [2.24, 2.45) is 0 Å². The SMILES string of the molecule is C=CCN1C(=O)N[C@@H](c2cc(OC)cc(OC)c2)C2=C1CN(CCN(C)C)C2=O. The summed E-state index contributed by atoms with van der Waals surface area (Å²) >= 11 is 0. The lowest BCUT2D eigenvalue weighted by molar-refractivity contribution is -0.125. The zero-order valence-electron chi connectivity index (χ0n) is 17.4. The highest BCUT2D eigenvalue weighted by Crippen LogP contribution is 2.38. The highest BCUT2D eigenvalue weighted by Gasteiger charge is 2.43. The molecule has 2 aliphatic heterocycles. The summed E-state index contributed by atoms with van der Waals surface area (Å²) in [6, 6.07) is 4.57. The molecule has 0 spiro atoms. The zero-order chi connectivity index (χ0) is 21.1. The highest BCUT2D eigenvalue weighted by molar-refractivity contribution is 6.01. The molecule has 3 rings (SSSR count). The Hall–Kier alpha value is -3.00. The van der Waals surface area contributed by atoms with E-state index < -0.39 is 6.04 Å². The van der Waals surface area contributed by atoms with Gasteiger partial charge in [-0.25, -0.2) is 4.79 Å². The zero-order valence-corrected chi connectivity index (χ0v) is 17.4. The number of carbonyl (C=O) groups excluding carboxylic acids is 2. The molecule has 1 atom stereocenters. The molecule has 0 bridgehead atoms. The molecule has 1 aromatic carbocycles. The van der Waals surface area contributed by atoms with Crippen molar-refractivity contribution < 1.29 is 19.1 Å². The van der Waals surface area contributed by atoms with E-state index >= 15 is 0 Å². The van der Waals surface area contributed by atoms with Gasteiger partial charge in [-0.1, -0.05) is 6.08 Å². The molecule has 1 aromatic rings. The number of nitrogens with one attached hydrogen (secondary N) is 1. The lowest BCUT2D eigenvalue weighted by Crippen LogP contribution is -2.47. The number of urea groups is 1. The van der Waals surface area contributed by atoms with Crippen molar-refractivity contribution in [1.82, 2.24) is 20.0 Å². The second-order valence-corrected chi connectivity index (χ2v) is 7.32. The maximum Gasteiger partial charge on any atom is 0.322 e. The molecular formula is C21H28N4O4. The van der Waals surface area contributed by atoms with E-state index in [1.165, 1.54) is 0 Å². The van der Waals surface area contributed by atoms with Crippen LogP contribution in [0.3, 0.4) is 0 Å². The van der Waals surface area contributed by atoms with E-state index in [9.17, 15) is 9.59 Å². The fraction of sp³-hybridized carbons (Fsp3) is 0.429. The molecule has 8 nitrogen and oxygen atoms in total. The summed E-state index contributed by atoms with van der Waals surface area (Å²) in [6.07, 6.45) is 1.66. The predicted molar refractivity (Wildman–Crippen MR) is 110 cm³/mol. The number of benzene rings is 1. The van der Waals surface area contributed by atoms with Crippen molar-refractivity contribution >= 4 is 11.9 Å². The predicted octanol–water partition coefficient (Wildman–Crippen LogP) is 1.61. The molecule has 0 saturated heterocycles. The first-order valence-electron chi connectivity index (χ1n) is 9.48. The van der Waals surface area contributed by atoms with E-state index in [1.807, 2.05) is 31.1 Å². The normalized spacial score (nSPS) is 18.9. The fourth-order valence-corrected chi connectivity index (χ4v) is 3.62. The Morgan fingerprint density at radius 1 is 1.21 bits per heavy atom. The van der Waals surface area contributed by atoms with Crippen LogP contribution in [0.2, 0.25) is 0 Å². The van der Waals surface area contributed by atoms with Gasteiger partial charge in [-0.3, -0.25) is 9.69 Å². The maximum atomic E-state index is 13.3. The first-order chi connectivity index (χ1) is 13.9. The van der Waals surface area contributed by atoms with Crippen molar-refractivity contribution in [3.8, 4) is 11.5 Å². The van der Waals surface area contributed by atoms with Crippen molar-refractivity contribution in [3.63, 3.8) is 0 Å². The minimum Gasteiger partial charge on any atom is -0.497 e. The maximum absolute atomic E-state index is 13.3. The number of ether oxygens (including phenoxy) is 2. The summed E-state index contributed by atoms with van der Waals surface area (Å²) in [6.45, 7) is 5.81. The summed E-state index contributed by atoms with van der Waals surface area (Å²) in [5, 5.41) is 2.97. The van der Waals surface area contributed by atoms with Gasteiger partial charge >= 0.3 is 6.03 Å². The monoisotopic (exact) mass is 400 g/mol. The molecule has 0 aliphatic carbocycles. The van der Waals surface area contributed by atoms with Crippen molar-refractivity contribution in [1.29, 1.82) is 0 Å². The quantitative estimate of drug-likeness (QED) is 0.671. The molecule has 0 unspecified atom stereocenters. The molecule has 2 aliphatic rings. The van der Waals surface area contributed by atoms with Crippen LogP contribution in [0, 0.1) is 0 Å². The van der Waals surface area contributed by atoms with Gasteiger partial charge in [-0.05, 0) is 31.8 Å². The van der Waals surface area contributed by atoms with Crippen LogP contribution in [0.15, 0.2) is 42.1 Å². The van der Waals surface area contributed by atoms with Gasteiger partial charge in [0, 0.05) is 25.7 Å². The van der Waals surface area contributed by atoms with Gasteiger partial charge in [-0.15, -0.1) is 6.58 Å². The first-order valence-corrected chi connectivity index (χ1v) is 9.48. The Balaban J connectivity index is 2.03. The standard InChI is InChI=1S/C21H28N4O4/c1-6-7-25-17-13-24(9-8-23(2)3)20(26)18(17)19(22-21(25)27)14-10-15(28-4)12-16(11-14)29-5/h6,10-12,19H,1,7-9,13H2,2-5H3,(H,22,27)/t19-/m0/s1. The third-order valence-corrected chi connectivity index (χ3v) is 5.13. The molecule has 3 amide bonds. The third kappa shape index (κ3) is 4.07. The van der Waals surface area contributed by atoms with E-state index in [2.05, 4.69) is 11.9 Å². The fourth-order valence-electron chi connectivity index (χ4n) is 3.62. The van der Waals surface area contributed by atoms with Crippen LogP contribution in [0.25, 0.3) is 0 Å². The molecule has 2 heterocycles. The number of carbonyl (C=O) groups is 2. The molecule has 0 aromatic heterocycles. The minimum absolute atomic E-state index is 0.0669. The largest absolute Gasteiger partial charge is 0.497 e. The minimum atomic E-state index is -0.570. The summed E-state index contributed by atoms with van der Waals surface area (Å²) in [4.78, 5) is 31.5. The van der Waals surface area contributed by atoms with Gasteiger partial charge in [0.05, 0.1) is 38.1 Å². The highest BCUT2D eigenvalue weighted by atomic mass is 16.5. The Morgan fingerprint density at radius 3 is 2.41 bits per heavy atom. The van der Waals surface area contributed by atoms with Gasteiger partial charge in [0.25, 0.3) is 5.91 Å². The third-order valence-electron chi connectivity index (χ3n) is 5.13. The van der Waals surface area contributed by atoms with Crippen molar-refractivity contribution in [2.75, 3.05) is 54.5 Å². The van der Waals surface area contributed by atoms with Crippen LogP contribution in [0.1, 0.15) is 11.6 Å². The Labute approximate surface area is 171 Å². The van der Waals surface area contributed by atoms with Crippen molar-refractivity contribution in [3.05, 3.63) is 47.7 Å². The summed E-state index contributed by atoms with van der Waals surface area (Å²) in [7, 11) is 7.07. The number of rotatable bonds is 8. The van der Waals surface area contributed by atoms with Gasteiger partial charge in [0.2, 0.25) is 0 Å². The lowest BCUT2D eigenvalue weighted by Gasteiger charge is -2.33. The van der Waals surface area contributed by atoms with Crippen LogP contribution in [-0.4, -0.2) is 81.1 Å². The Morgan fingerprint density at radius 2 is 1.86 bits per heavy atom. The van der Waals surface area contributed by atoms with Crippen molar-refractivity contribution in [2.45, 2.75) is 6.04 Å². The number of hydrogen-bond acceptors (Lipinski definition) is 5. The van der Waals surface area contributed by atoms with Crippen LogP contribution in [0.5, 0.6) is 11.5 Å². The van der Waals surface area contributed by atoms with Gasteiger partial charge in [0.15, 0.2) is 0 Å². The number of nitrogens with zero attached hydrogens (tertiary/aromatic N) is 3. The molecule has 0 fully saturated rings. The number of hydrogen-bond donors (Lipinski definition) is 1. The van der Waals surface area contributed by atoms with Gasteiger partial charge in [0.1, 0.15) is 11.5 Å². The number of amides is 3. The summed E-state index contributed by atoms with van der Waals surface area (Å²) < 4.78 is 10.7. The number of methoxy groups -OCH3 is 2. The average molecular weight is 400 g/mol. The topological polar surface area (TPSA) is 74.4 Å². The summed E-state index contributed by atoms with van der Waals surface area (Å²) in [5.74, 6) is 1.13. The first kappa shape index (κ1) is 20.7. The Bertz CT molecular complexity index is 827. The van der Waals surface area contributed by atoms with Crippen LogP contribution in [0.4, 0.5) is 4.79 Å². The average Bonchev–Trinajstić information content (AvgIpc) is 3.04. The van der Waals surface area contributed by atoms with E-state index in [4.69, 9.17) is 9.47 Å². The second kappa shape index (κ2) is 8.57. The second-order valence-electron chi connectivity index (χ2n) is 7.32. The van der Waals surface area contributed by atoms with Gasteiger partial charge in [-0.2, -0.15) is 0 Å².